The second kappa shape index (κ2) is 9.32. The highest BCUT2D eigenvalue weighted by Crippen LogP contribution is 2.09. The lowest BCUT2D eigenvalue weighted by molar-refractivity contribution is -0.236. The van der Waals surface area contributed by atoms with Crippen LogP contribution < -0.4 is 0 Å². The maximum Gasteiger partial charge on any atom is 0.369 e. The highest BCUT2D eigenvalue weighted by atomic mass is 16.7. The van der Waals surface area contributed by atoms with Crippen molar-refractivity contribution in [3.8, 4) is 0 Å². The third-order valence-corrected chi connectivity index (χ3v) is 1.84. The number of rotatable bonds is 10. The van der Waals surface area contributed by atoms with E-state index in [1.807, 2.05) is 0 Å². The summed E-state index contributed by atoms with van der Waals surface area (Å²) >= 11 is 0. The molecule has 0 saturated carbocycles. The van der Waals surface area contributed by atoms with Gasteiger partial charge in [0.05, 0.1) is 33.0 Å². The van der Waals surface area contributed by atoms with Crippen molar-refractivity contribution in [1.82, 2.24) is 0 Å². The Morgan fingerprint density at radius 2 is 1.88 bits per heavy atom. The Kier molecular flexibility index (Phi) is 8.92. The Morgan fingerprint density at radius 1 is 1.24 bits per heavy atom. The van der Waals surface area contributed by atoms with Crippen LogP contribution in [-0.2, 0) is 23.7 Å². The van der Waals surface area contributed by atoms with Crippen LogP contribution >= 0.6 is 0 Å². The molecule has 1 atom stereocenters. The Balaban J connectivity index is 3.83. The average molecular weight is 252 g/mol. The van der Waals surface area contributed by atoms with Crippen LogP contribution in [0.15, 0.2) is 0 Å². The topological polar surface area (TPSA) is 94.5 Å². The van der Waals surface area contributed by atoms with E-state index < -0.39 is 11.8 Å². The summed E-state index contributed by atoms with van der Waals surface area (Å²) in [6.45, 7) is 2.00. The maximum absolute atomic E-state index is 11.3. The first-order valence-electron chi connectivity index (χ1n) is 5.31. The Bertz CT molecular complexity index is 209. The van der Waals surface area contributed by atoms with Gasteiger partial charge in [-0.25, -0.2) is 4.79 Å². The Hall–Kier alpha value is -0.730. The van der Waals surface area contributed by atoms with Crippen LogP contribution in [0.5, 0.6) is 0 Å². The van der Waals surface area contributed by atoms with Crippen molar-refractivity contribution >= 4 is 5.97 Å². The first-order valence-corrected chi connectivity index (χ1v) is 5.31. The smallest absolute Gasteiger partial charge is 0.369 e. The zero-order chi connectivity index (χ0) is 13.1. The van der Waals surface area contributed by atoms with Crippen LogP contribution in [-0.4, -0.2) is 68.7 Å². The minimum atomic E-state index is -2.09. The quantitative estimate of drug-likeness (QED) is 0.290. The van der Waals surface area contributed by atoms with Crippen LogP contribution in [0.3, 0.4) is 0 Å². The van der Waals surface area contributed by atoms with Crippen LogP contribution in [0.2, 0.25) is 0 Å². The molecule has 7 nitrogen and oxygen atoms in total. The Morgan fingerprint density at radius 3 is 2.41 bits per heavy atom. The lowest BCUT2D eigenvalue weighted by Gasteiger charge is -2.23. The van der Waals surface area contributed by atoms with Crippen molar-refractivity contribution in [2.45, 2.75) is 12.7 Å². The highest BCUT2D eigenvalue weighted by Gasteiger charge is 2.38. The van der Waals surface area contributed by atoms with Gasteiger partial charge in [-0.2, -0.15) is 0 Å². The summed E-state index contributed by atoms with van der Waals surface area (Å²) in [7, 11) is 1.18. The van der Waals surface area contributed by atoms with Crippen molar-refractivity contribution in [3.63, 3.8) is 0 Å². The fourth-order valence-electron chi connectivity index (χ4n) is 0.940. The van der Waals surface area contributed by atoms with E-state index in [0.29, 0.717) is 0 Å². The molecule has 0 bridgehead atoms. The molecular weight excluding hydrogens is 232 g/mol. The van der Waals surface area contributed by atoms with Gasteiger partial charge in [0.2, 0.25) is 0 Å². The van der Waals surface area contributed by atoms with E-state index >= 15 is 0 Å². The second-order valence-electron chi connectivity index (χ2n) is 3.10. The van der Waals surface area contributed by atoms with Gasteiger partial charge in [0, 0.05) is 7.11 Å². The molecule has 0 saturated heterocycles. The lowest BCUT2D eigenvalue weighted by atomic mass is 10.3. The third-order valence-electron chi connectivity index (χ3n) is 1.84. The molecule has 0 heterocycles. The molecule has 0 amide bonds. The van der Waals surface area contributed by atoms with E-state index in [9.17, 15) is 9.90 Å². The van der Waals surface area contributed by atoms with Crippen LogP contribution in [0.25, 0.3) is 0 Å². The molecule has 0 radical (unpaired) electrons. The predicted molar refractivity (Wildman–Crippen MR) is 57.3 cm³/mol. The second-order valence-corrected chi connectivity index (χ2v) is 3.10. The largest absolute Gasteiger partial charge is 0.462 e. The van der Waals surface area contributed by atoms with Crippen molar-refractivity contribution in [2.24, 2.45) is 0 Å². The number of hydrogen-bond acceptors (Lipinski definition) is 7. The summed E-state index contributed by atoms with van der Waals surface area (Å²) in [6.07, 6.45) is 0. The van der Waals surface area contributed by atoms with Gasteiger partial charge in [0.1, 0.15) is 6.61 Å². The molecule has 0 aliphatic rings. The van der Waals surface area contributed by atoms with Crippen LogP contribution in [0.4, 0.5) is 0 Å². The number of esters is 1. The van der Waals surface area contributed by atoms with E-state index in [2.05, 4.69) is 9.47 Å². The molecule has 0 fully saturated rings. The van der Waals surface area contributed by atoms with Crippen LogP contribution in [0, 0.1) is 0 Å². The van der Waals surface area contributed by atoms with Gasteiger partial charge in [-0.05, 0) is 6.92 Å². The fourth-order valence-corrected chi connectivity index (χ4v) is 0.940. The first kappa shape index (κ1) is 16.3. The zero-order valence-corrected chi connectivity index (χ0v) is 10.2. The summed E-state index contributed by atoms with van der Waals surface area (Å²) in [5, 5.41) is 18.2. The molecule has 7 heteroatoms. The molecule has 0 aromatic rings. The highest BCUT2D eigenvalue weighted by molar-refractivity contribution is 5.77. The summed E-state index contributed by atoms with van der Waals surface area (Å²) in [5.74, 6) is -2.98. The maximum atomic E-state index is 11.3. The van der Waals surface area contributed by atoms with Gasteiger partial charge in [0.25, 0.3) is 5.79 Å². The molecule has 1 unspecified atom stereocenters. The summed E-state index contributed by atoms with van der Waals surface area (Å²) in [4.78, 5) is 11.3. The minimum absolute atomic E-state index is 0.0646. The van der Waals surface area contributed by atoms with E-state index in [0.717, 1.165) is 0 Å². The molecular formula is C10H20O7. The molecule has 0 aliphatic carbocycles. The molecule has 0 aromatic heterocycles. The molecule has 0 spiro atoms. The van der Waals surface area contributed by atoms with E-state index in [1.165, 1.54) is 7.11 Å². The number of hydrogen-bond donors (Lipinski definition) is 2. The molecule has 0 rings (SSSR count). The normalized spacial score (nSPS) is 14.4. The number of aliphatic hydroxyl groups excluding tert-OH is 1. The number of methoxy groups -OCH3 is 1. The number of carbonyl (C=O) groups is 1. The summed E-state index contributed by atoms with van der Waals surface area (Å²) in [6, 6.07) is 0. The average Bonchev–Trinajstić information content (AvgIpc) is 2.33. The van der Waals surface area contributed by atoms with Gasteiger partial charge >= 0.3 is 5.97 Å². The van der Waals surface area contributed by atoms with Crippen LogP contribution in [0.1, 0.15) is 6.92 Å². The van der Waals surface area contributed by atoms with Crippen molar-refractivity contribution in [2.75, 3.05) is 46.8 Å². The standard InChI is InChI=1S/C10H20O7/c1-3-17-9(12)10(13,14-2)8-16-7-6-15-5-4-11/h11,13H,3-8H2,1-2H3. The lowest BCUT2D eigenvalue weighted by Crippen LogP contribution is -2.46. The number of aliphatic hydroxyl groups is 2. The van der Waals surface area contributed by atoms with Gasteiger partial charge in [-0.1, -0.05) is 0 Å². The summed E-state index contributed by atoms with van der Waals surface area (Å²) < 4.78 is 19.2. The van der Waals surface area contributed by atoms with Gasteiger partial charge < -0.3 is 29.2 Å². The zero-order valence-electron chi connectivity index (χ0n) is 10.2. The van der Waals surface area contributed by atoms with Crippen molar-refractivity contribution in [1.29, 1.82) is 0 Å². The number of carbonyl (C=O) groups excluding carboxylic acids is 1. The Labute approximate surface area is 100 Å². The van der Waals surface area contributed by atoms with Gasteiger partial charge in [-0.15, -0.1) is 0 Å². The van der Waals surface area contributed by atoms with Gasteiger partial charge in [0.15, 0.2) is 0 Å². The van der Waals surface area contributed by atoms with E-state index in [-0.39, 0.29) is 39.6 Å². The molecule has 0 aromatic carbocycles. The molecule has 0 aliphatic heterocycles. The number of ether oxygens (including phenoxy) is 4. The molecule has 2 N–H and O–H groups in total. The fraction of sp³-hybridized carbons (Fsp3) is 0.900. The molecule has 102 valence electrons. The van der Waals surface area contributed by atoms with E-state index in [1.54, 1.807) is 6.92 Å². The van der Waals surface area contributed by atoms with Crippen molar-refractivity contribution in [3.05, 3.63) is 0 Å². The monoisotopic (exact) mass is 252 g/mol. The first-order chi connectivity index (χ1) is 8.10. The minimum Gasteiger partial charge on any atom is -0.462 e. The summed E-state index contributed by atoms with van der Waals surface area (Å²) in [5.41, 5.74) is 0. The van der Waals surface area contributed by atoms with E-state index in [4.69, 9.17) is 14.6 Å². The predicted octanol–water partition coefficient (Wildman–Crippen LogP) is -1.09. The van der Waals surface area contributed by atoms with Gasteiger partial charge in [-0.3, -0.25) is 0 Å². The van der Waals surface area contributed by atoms with Crippen molar-refractivity contribution < 1.29 is 34.0 Å². The third kappa shape index (κ3) is 6.54. The SMILES string of the molecule is CCOC(=O)C(O)(COCCOCCO)OC. The molecule has 17 heavy (non-hydrogen) atoms.